The number of halogens is 1. The number of esters is 2. The van der Waals surface area contributed by atoms with Gasteiger partial charge < -0.3 is 14.2 Å². The van der Waals surface area contributed by atoms with Crippen molar-refractivity contribution in [2.45, 2.75) is 20.3 Å². The Bertz CT molecular complexity index is 462. The Balaban J connectivity index is 2.46. The van der Waals surface area contributed by atoms with Crippen LogP contribution in [0.4, 0.5) is 0 Å². The molecule has 1 aliphatic carbocycles. The summed E-state index contributed by atoms with van der Waals surface area (Å²) in [7, 11) is 0. The van der Waals surface area contributed by atoms with Crippen LogP contribution in [0.3, 0.4) is 0 Å². The Morgan fingerprint density at radius 1 is 1.15 bits per heavy atom. The van der Waals surface area contributed by atoms with Gasteiger partial charge in [-0.25, -0.2) is 0 Å². The van der Waals surface area contributed by atoms with Gasteiger partial charge in [-0.15, -0.1) is 0 Å². The Labute approximate surface area is 126 Å². The highest BCUT2D eigenvalue weighted by Gasteiger charge is 2.09. The Morgan fingerprint density at radius 3 is 2.50 bits per heavy atom. The number of rotatable bonds is 6. The van der Waals surface area contributed by atoms with Gasteiger partial charge in [-0.1, -0.05) is 22.0 Å². The first-order valence-corrected chi connectivity index (χ1v) is 6.93. The van der Waals surface area contributed by atoms with E-state index in [1.165, 1.54) is 13.8 Å². The van der Waals surface area contributed by atoms with Crippen LogP contribution >= 0.6 is 15.9 Å². The summed E-state index contributed by atoms with van der Waals surface area (Å²) < 4.78 is 16.1. The van der Waals surface area contributed by atoms with Crippen LogP contribution in [-0.2, 0) is 23.8 Å². The van der Waals surface area contributed by atoms with E-state index in [9.17, 15) is 9.59 Å². The predicted molar refractivity (Wildman–Crippen MR) is 77.0 cm³/mol. The summed E-state index contributed by atoms with van der Waals surface area (Å²) >= 11 is 3.42. The molecule has 0 saturated heterocycles. The zero-order valence-electron chi connectivity index (χ0n) is 11.5. The molecule has 0 N–H and O–H groups in total. The monoisotopic (exact) mass is 344 g/mol. The van der Waals surface area contributed by atoms with Crippen molar-refractivity contribution in [3.05, 3.63) is 34.0 Å². The molecule has 0 saturated carbocycles. The molecule has 0 aromatic carbocycles. The molecule has 0 spiro atoms. The Hall–Kier alpha value is -1.56. The van der Waals surface area contributed by atoms with E-state index in [0.29, 0.717) is 13.0 Å². The number of hydrogen-bond acceptors (Lipinski definition) is 5. The standard InChI is InChI=1S/C14H17BrO5/c1-10(16)18-7-8-19-13-4-3-12(9-20-11(2)17)14(15)6-5-13/h3,5-6H,4,7-9H2,1-2H3. The highest BCUT2D eigenvalue weighted by atomic mass is 79.9. The van der Waals surface area contributed by atoms with Gasteiger partial charge in [0, 0.05) is 30.3 Å². The first-order valence-electron chi connectivity index (χ1n) is 6.14. The van der Waals surface area contributed by atoms with E-state index in [0.717, 1.165) is 15.8 Å². The molecule has 0 aromatic heterocycles. The molecule has 0 atom stereocenters. The summed E-state index contributed by atoms with van der Waals surface area (Å²) in [5, 5.41) is 0. The van der Waals surface area contributed by atoms with Crippen molar-refractivity contribution in [3.63, 3.8) is 0 Å². The van der Waals surface area contributed by atoms with Crippen LogP contribution in [0.25, 0.3) is 0 Å². The molecule has 0 bridgehead atoms. The van der Waals surface area contributed by atoms with Crippen LogP contribution < -0.4 is 0 Å². The van der Waals surface area contributed by atoms with E-state index in [1.807, 2.05) is 18.2 Å². The summed E-state index contributed by atoms with van der Waals surface area (Å²) in [6.45, 7) is 3.48. The maximum absolute atomic E-state index is 10.8. The third-order valence-electron chi connectivity index (χ3n) is 2.38. The van der Waals surface area contributed by atoms with Crippen LogP contribution in [0.2, 0.25) is 0 Å². The zero-order valence-corrected chi connectivity index (χ0v) is 13.1. The van der Waals surface area contributed by atoms with Crippen molar-refractivity contribution in [1.82, 2.24) is 0 Å². The largest absolute Gasteiger partial charge is 0.494 e. The molecule has 1 aliphatic rings. The summed E-state index contributed by atoms with van der Waals surface area (Å²) in [6, 6.07) is 0. The van der Waals surface area contributed by atoms with Crippen LogP contribution in [0, 0.1) is 0 Å². The van der Waals surface area contributed by atoms with E-state index in [1.54, 1.807) is 0 Å². The zero-order chi connectivity index (χ0) is 15.0. The molecular formula is C14H17BrO5. The fraction of sp³-hybridized carbons (Fsp3) is 0.429. The predicted octanol–water partition coefficient (Wildman–Crippen LogP) is 2.62. The smallest absolute Gasteiger partial charge is 0.302 e. The lowest BCUT2D eigenvalue weighted by molar-refractivity contribution is -0.142. The van der Waals surface area contributed by atoms with E-state index in [-0.39, 0.29) is 25.2 Å². The summed E-state index contributed by atoms with van der Waals surface area (Å²) in [5.74, 6) is 0.114. The SMILES string of the molecule is CC(=O)OCCOC1=CC=C(Br)C(COC(C)=O)=CC1. The first kappa shape index (κ1) is 16.5. The molecule has 0 radical (unpaired) electrons. The van der Waals surface area contributed by atoms with Gasteiger partial charge in [0.1, 0.15) is 19.8 Å². The minimum atomic E-state index is -0.324. The second kappa shape index (κ2) is 8.58. The van der Waals surface area contributed by atoms with E-state index < -0.39 is 0 Å². The van der Waals surface area contributed by atoms with Crippen LogP contribution in [-0.4, -0.2) is 31.8 Å². The van der Waals surface area contributed by atoms with Crippen molar-refractivity contribution in [2.24, 2.45) is 0 Å². The van der Waals surface area contributed by atoms with Gasteiger partial charge in [0.15, 0.2) is 0 Å². The van der Waals surface area contributed by atoms with Crippen molar-refractivity contribution in [1.29, 1.82) is 0 Å². The minimum Gasteiger partial charge on any atom is -0.494 e. The molecule has 0 aromatic rings. The number of allylic oxidation sites excluding steroid dienone is 3. The van der Waals surface area contributed by atoms with Gasteiger partial charge in [0.05, 0.1) is 5.76 Å². The van der Waals surface area contributed by atoms with Gasteiger partial charge in [-0.2, -0.15) is 0 Å². The van der Waals surface area contributed by atoms with Crippen molar-refractivity contribution < 1.29 is 23.8 Å². The number of ether oxygens (including phenoxy) is 3. The second-order valence-electron chi connectivity index (χ2n) is 4.05. The van der Waals surface area contributed by atoms with E-state index in [2.05, 4.69) is 15.9 Å². The lowest BCUT2D eigenvalue weighted by atomic mass is 10.2. The van der Waals surface area contributed by atoms with Gasteiger partial charge >= 0.3 is 11.9 Å². The number of hydrogen-bond donors (Lipinski definition) is 0. The van der Waals surface area contributed by atoms with Gasteiger partial charge in [0.25, 0.3) is 0 Å². The van der Waals surface area contributed by atoms with Crippen molar-refractivity contribution in [3.8, 4) is 0 Å². The highest BCUT2D eigenvalue weighted by molar-refractivity contribution is 9.12. The molecule has 0 heterocycles. The molecule has 0 fully saturated rings. The fourth-order valence-corrected chi connectivity index (χ4v) is 1.84. The number of carbonyl (C=O) groups is 2. The molecular weight excluding hydrogens is 328 g/mol. The van der Waals surface area contributed by atoms with Gasteiger partial charge in [-0.05, 0) is 12.2 Å². The lowest BCUT2D eigenvalue weighted by Crippen LogP contribution is -2.07. The molecule has 0 aliphatic heterocycles. The highest BCUT2D eigenvalue weighted by Crippen LogP contribution is 2.23. The average molecular weight is 345 g/mol. The van der Waals surface area contributed by atoms with Crippen LogP contribution in [0.1, 0.15) is 20.3 Å². The third kappa shape index (κ3) is 6.56. The maximum Gasteiger partial charge on any atom is 0.302 e. The maximum atomic E-state index is 10.8. The van der Waals surface area contributed by atoms with E-state index in [4.69, 9.17) is 14.2 Å². The summed E-state index contributed by atoms with van der Waals surface area (Å²) in [5.41, 5.74) is 0.884. The first-order chi connectivity index (χ1) is 9.49. The molecule has 6 heteroatoms. The average Bonchev–Trinajstić information content (AvgIpc) is 2.55. The van der Waals surface area contributed by atoms with Crippen molar-refractivity contribution in [2.75, 3.05) is 19.8 Å². The second-order valence-corrected chi connectivity index (χ2v) is 4.90. The normalized spacial score (nSPS) is 14.4. The fourth-order valence-electron chi connectivity index (χ4n) is 1.43. The Kier molecular flexibility index (Phi) is 7.08. The van der Waals surface area contributed by atoms with Gasteiger partial charge in [0.2, 0.25) is 0 Å². The third-order valence-corrected chi connectivity index (χ3v) is 3.15. The molecule has 110 valence electrons. The van der Waals surface area contributed by atoms with Crippen molar-refractivity contribution >= 4 is 27.9 Å². The van der Waals surface area contributed by atoms with E-state index >= 15 is 0 Å². The topological polar surface area (TPSA) is 61.8 Å². The minimum absolute atomic E-state index is 0.223. The lowest BCUT2D eigenvalue weighted by Gasteiger charge is -2.08. The Morgan fingerprint density at radius 2 is 1.85 bits per heavy atom. The molecule has 1 rings (SSSR count). The summed E-state index contributed by atoms with van der Waals surface area (Å²) in [6.07, 6.45) is 6.18. The molecule has 5 nitrogen and oxygen atoms in total. The molecule has 0 amide bonds. The van der Waals surface area contributed by atoms with Crippen LogP contribution in [0.5, 0.6) is 0 Å². The summed E-state index contributed by atoms with van der Waals surface area (Å²) in [4.78, 5) is 21.4. The number of carbonyl (C=O) groups excluding carboxylic acids is 2. The molecule has 20 heavy (non-hydrogen) atoms. The van der Waals surface area contributed by atoms with Gasteiger partial charge in [-0.3, -0.25) is 9.59 Å². The molecule has 0 unspecified atom stereocenters. The van der Waals surface area contributed by atoms with Crippen LogP contribution in [0.15, 0.2) is 34.0 Å². The quantitative estimate of drug-likeness (QED) is 0.547.